The van der Waals surface area contributed by atoms with Crippen molar-refractivity contribution >= 4 is 11.8 Å². The Kier molecular flexibility index (Phi) is 6.42. The standard InChI is InChI=1S/C15H27NOS/c1-2-16-15(13-7-6-10-17-11-13)12-18-14-8-4-3-5-9-14/h11,14-16H,2-10,12H2,1H3. The van der Waals surface area contributed by atoms with E-state index in [1.165, 1.54) is 56.3 Å². The zero-order valence-corrected chi connectivity index (χ0v) is 12.4. The second-order valence-corrected chi connectivity index (χ2v) is 6.70. The summed E-state index contributed by atoms with van der Waals surface area (Å²) in [5, 5.41) is 4.53. The lowest BCUT2D eigenvalue weighted by atomic mass is 10.0. The monoisotopic (exact) mass is 269 g/mol. The molecule has 2 nitrogen and oxygen atoms in total. The summed E-state index contributed by atoms with van der Waals surface area (Å²) in [7, 11) is 0. The molecule has 1 aliphatic carbocycles. The fraction of sp³-hybridized carbons (Fsp3) is 0.867. The minimum Gasteiger partial charge on any atom is -0.501 e. The zero-order chi connectivity index (χ0) is 12.6. The second kappa shape index (κ2) is 8.11. The van der Waals surface area contributed by atoms with Crippen molar-refractivity contribution in [3.63, 3.8) is 0 Å². The largest absolute Gasteiger partial charge is 0.501 e. The smallest absolute Gasteiger partial charge is 0.0876 e. The molecule has 0 aromatic rings. The van der Waals surface area contributed by atoms with Gasteiger partial charge in [0.2, 0.25) is 0 Å². The van der Waals surface area contributed by atoms with Gasteiger partial charge in [-0.2, -0.15) is 11.8 Å². The fourth-order valence-electron chi connectivity index (χ4n) is 2.85. The van der Waals surface area contributed by atoms with Crippen molar-refractivity contribution in [2.75, 3.05) is 18.9 Å². The Balaban J connectivity index is 1.79. The van der Waals surface area contributed by atoms with E-state index in [0.717, 1.165) is 18.4 Å². The van der Waals surface area contributed by atoms with Gasteiger partial charge in [0.15, 0.2) is 0 Å². The van der Waals surface area contributed by atoms with Crippen LogP contribution in [0, 0.1) is 0 Å². The first-order chi connectivity index (χ1) is 8.90. The molecule has 2 aliphatic rings. The van der Waals surface area contributed by atoms with Crippen molar-refractivity contribution < 1.29 is 4.74 Å². The molecular weight excluding hydrogens is 242 g/mol. The Bertz CT molecular complexity index is 261. The molecule has 0 amide bonds. The van der Waals surface area contributed by atoms with Crippen LogP contribution in [0.2, 0.25) is 0 Å². The molecule has 0 bridgehead atoms. The Morgan fingerprint density at radius 2 is 2.17 bits per heavy atom. The number of ether oxygens (including phenoxy) is 1. The van der Waals surface area contributed by atoms with Crippen LogP contribution in [0.1, 0.15) is 51.9 Å². The Morgan fingerprint density at radius 1 is 1.33 bits per heavy atom. The minimum atomic E-state index is 0.530. The maximum atomic E-state index is 5.49. The molecule has 1 N–H and O–H groups in total. The van der Waals surface area contributed by atoms with Gasteiger partial charge in [0.25, 0.3) is 0 Å². The normalized spacial score (nSPS) is 23.3. The lowest BCUT2D eigenvalue weighted by molar-refractivity contribution is 0.220. The fourth-order valence-corrected chi connectivity index (χ4v) is 4.31. The third-order valence-electron chi connectivity index (χ3n) is 3.91. The average Bonchev–Trinajstić information content (AvgIpc) is 2.45. The van der Waals surface area contributed by atoms with Crippen molar-refractivity contribution in [2.45, 2.75) is 63.2 Å². The van der Waals surface area contributed by atoms with Crippen LogP contribution in [-0.2, 0) is 4.74 Å². The van der Waals surface area contributed by atoms with Crippen molar-refractivity contribution in [3.05, 3.63) is 11.8 Å². The van der Waals surface area contributed by atoms with E-state index in [2.05, 4.69) is 24.0 Å². The summed E-state index contributed by atoms with van der Waals surface area (Å²) in [6.07, 6.45) is 11.6. The maximum absolute atomic E-state index is 5.49. The molecule has 1 aliphatic heterocycles. The molecule has 104 valence electrons. The highest BCUT2D eigenvalue weighted by Gasteiger charge is 2.20. The second-order valence-electron chi connectivity index (χ2n) is 5.37. The van der Waals surface area contributed by atoms with Crippen LogP contribution < -0.4 is 5.32 Å². The van der Waals surface area contributed by atoms with E-state index in [9.17, 15) is 0 Å². The molecule has 3 heteroatoms. The topological polar surface area (TPSA) is 21.3 Å². The quantitative estimate of drug-likeness (QED) is 0.794. The maximum Gasteiger partial charge on any atom is 0.0876 e. The van der Waals surface area contributed by atoms with Crippen LogP contribution in [0.3, 0.4) is 0 Å². The first-order valence-corrected chi connectivity index (χ1v) is 8.60. The van der Waals surface area contributed by atoms with Gasteiger partial charge in [0.05, 0.1) is 12.9 Å². The molecule has 1 fully saturated rings. The summed E-state index contributed by atoms with van der Waals surface area (Å²) in [5.74, 6) is 1.22. The van der Waals surface area contributed by atoms with Gasteiger partial charge in [-0.15, -0.1) is 0 Å². The van der Waals surface area contributed by atoms with E-state index in [1.807, 2.05) is 6.26 Å². The molecule has 1 atom stereocenters. The molecule has 1 unspecified atom stereocenters. The lowest BCUT2D eigenvalue weighted by Gasteiger charge is -2.27. The van der Waals surface area contributed by atoms with Gasteiger partial charge in [0.1, 0.15) is 0 Å². The highest BCUT2D eigenvalue weighted by atomic mass is 32.2. The molecule has 2 rings (SSSR count). The van der Waals surface area contributed by atoms with Crippen molar-refractivity contribution in [1.29, 1.82) is 0 Å². The van der Waals surface area contributed by atoms with Crippen LogP contribution in [0.5, 0.6) is 0 Å². The molecule has 0 saturated heterocycles. The molecule has 0 spiro atoms. The van der Waals surface area contributed by atoms with Gasteiger partial charge in [-0.25, -0.2) is 0 Å². The molecule has 0 aromatic carbocycles. The Hall–Kier alpha value is -0.150. The molecule has 0 radical (unpaired) electrons. The molecular formula is C15H27NOS. The van der Waals surface area contributed by atoms with Crippen LogP contribution >= 0.6 is 11.8 Å². The number of thioether (sulfide) groups is 1. The Morgan fingerprint density at radius 3 is 2.83 bits per heavy atom. The van der Waals surface area contributed by atoms with Crippen LogP contribution in [0.15, 0.2) is 11.8 Å². The lowest BCUT2D eigenvalue weighted by Crippen LogP contribution is -2.34. The number of hydrogen-bond donors (Lipinski definition) is 1. The number of hydrogen-bond acceptors (Lipinski definition) is 3. The van der Waals surface area contributed by atoms with Gasteiger partial charge < -0.3 is 10.1 Å². The average molecular weight is 269 g/mol. The first-order valence-electron chi connectivity index (χ1n) is 7.55. The highest BCUT2D eigenvalue weighted by molar-refractivity contribution is 7.99. The summed E-state index contributed by atoms with van der Waals surface area (Å²) < 4.78 is 5.49. The summed E-state index contributed by atoms with van der Waals surface area (Å²) in [6.45, 7) is 4.15. The highest BCUT2D eigenvalue weighted by Crippen LogP contribution is 2.30. The van der Waals surface area contributed by atoms with Crippen molar-refractivity contribution in [1.82, 2.24) is 5.32 Å². The van der Waals surface area contributed by atoms with E-state index in [0.29, 0.717) is 6.04 Å². The SMILES string of the molecule is CCNC(CSC1CCCCC1)C1=COCCC1. The summed E-state index contributed by atoms with van der Waals surface area (Å²) in [5.41, 5.74) is 1.48. The van der Waals surface area contributed by atoms with E-state index < -0.39 is 0 Å². The van der Waals surface area contributed by atoms with Crippen LogP contribution in [0.25, 0.3) is 0 Å². The van der Waals surface area contributed by atoms with Gasteiger partial charge >= 0.3 is 0 Å². The van der Waals surface area contributed by atoms with Crippen LogP contribution in [-0.4, -0.2) is 30.2 Å². The van der Waals surface area contributed by atoms with Gasteiger partial charge in [-0.05, 0) is 37.8 Å². The van der Waals surface area contributed by atoms with E-state index in [-0.39, 0.29) is 0 Å². The minimum absolute atomic E-state index is 0.530. The third-order valence-corrected chi connectivity index (χ3v) is 5.38. The first kappa shape index (κ1) is 14.3. The van der Waals surface area contributed by atoms with Crippen LogP contribution in [0.4, 0.5) is 0 Å². The van der Waals surface area contributed by atoms with Crippen molar-refractivity contribution in [2.24, 2.45) is 0 Å². The summed E-state index contributed by atoms with van der Waals surface area (Å²) in [6, 6.07) is 0.530. The predicted molar refractivity (Wildman–Crippen MR) is 80.1 cm³/mol. The Labute approximate surface area is 116 Å². The molecule has 1 heterocycles. The number of rotatable bonds is 6. The molecule has 18 heavy (non-hydrogen) atoms. The third kappa shape index (κ3) is 4.51. The van der Waals surface area contributed by atoms with E-state index >= 15 is 0 Å². The van der Waals surface area contributed by atoms with Crippen molar-refractivity contribution in [3.8, 4) is 0 Å². The predicted octanol–water partition coefficient (Wildman–Crippen LogP) is 3.72. The number of likely N-dealkylation sites (N-methyl/N-ethyl adjacent to an activating group) is 1. The van der Waals surface area contributed by atoms with Gasteiger partial charge in [-0.1, -0.05) is 26.2 Å². The molecule has 0 aromatic heterocycles. The molecule has 1 saturated carbocycles. The summed E-state index contributed by atoms with van der Waals surface area (Å²) >= 11 is 2.18. The number of nitrogens with one attached hydrogen (secondary N) is 1. The van der Waals surface area contributed by atoms with Gasteiger partial charge in [-0.3, -0.25) is 0 Å². The zero-order valence-electron chi connectivity index (χ0n) is 11.6. The van der Waals surface area contributed by atoms with E-state index in [1.54, 1.807) is 0 Å². The van der Waals surface area contributed by atoms with E-state index in [4.69, 9.17) is 4.74 Å². The van der Waals surface area contributed by atoms with Gasteiger partial charge in [0, 0.05) is 17.0 Å². The summed E-state index contributed by atoms with van der Waals surface area (Å²) in [4.78, 5) is 0.